The fourth-order valence-electron chi connectivity index (χ4n) is 2.63. The Labute approximate surface area is 173 Å². The number of carbonyl (C=O) groups is 2. The van der Waals surface area contributed by atoms with E-state index in [1.807, 2.05) is 25.3 Å². The lowest BCUT2D eigenvalue weighted by Crippen LogP contribution is -2.13. The zero-order valence-corrected chi connectivity index (χ0v) is 17.0. The topological polar surface area (TPSA) is 76.7 Å². The second-order valence-corrected chi connectivity index (χ2v) is 6.94. The third-order valence-corrected chi connectivity index (χ3v) is 4.82. The van der Waals surface area contributed by atoms with Gasteiger partial charge in [0, 0.05) is 16.9 Å². The van der Waals surface area contributed by atoms with Gasteiger partial charge in [0.05, 0.1) is 18.1 Å². The lowest BCUT2D eigenvalue weighted by molar-refractivity contribution is 0.101. The molecule has 2 amide bonds. The molecule has 0 atom stereocenters. The van der Waals surface area contributed by atoms with Gasteiger partial charge in [-0.15, -0.1) is 11.3 Å². The zero-order valence-electron chi connectivity index (χ0n) is 16.2. The van der Waals surface area contributed by atoms with E-state index in [2.05, 4.69) is 10.6 Å². The summed E-state index contributed by atoms with van der Waals surface area (Å²) in [6.07, 6.45) is 0. The van der Waals surface area contributed by atoms with Gasteiger partial charge in [0.2, 0.25) is 0 Å². The smallest absolute Gasteiger partial charge is 0.265 e. The maximum Gasteiger partial charge on any atom is 0.265 e. The second-order valence-electron chi connectivity index (χ2n) is 5.99. The monoisotopic (exact) mass is 410 g/mol. The first-order chi connectivity index (χ1) is 14.1. The molecule has 7 heteroatoms. The summed E-state index contributed by atoms with van der Waals surface area (Å²) in [5.74, 6) is 0.726. The number of thiophene rings is 1. The average molecular weight is 410 g/mol. The van der Waals surface area contributed by atoms with Crippen molar-refractivity contribution in [2.45, 2.75) is 13.8 Å². The molecule has 0 unspecified atom stereocenters. The van der Waals surface area contributed by atoms with E-state index < -0.39 is 0 Å². The van der Waals surface area contributed by atoms with E-state index in [4.69, 9.17) is 9.47 Å². The maximum atomic E-state index is 12.6. The van der Waals surface area contributed by atoms with E-state index in [0.29, 0.717) is 46.5 Å². The number of ether oxygens (including phenoxy) is 2. The van der Waals surface area contributed by atoms with Gasteiger partial charge in [0.15, 0.2) is 11.5 Å². The van der Waals surface area contributed by atoms with Crippen LogP contribution in [0.25, 0.3) is 0 Å². The molecule has 0 fully saturated rings. The van der Waals surface area contributed by atoms with Gasteiger partial charge >= 0.3 is 0 Å². The highest BCUT2D eigenvalue weighted by molar-refractivity contribution is 7.12. The van der Waals surface area contributed by atoms with Crippen LogP contribution in [0.5, 0.6) is 11.5 Å². The molecule has 150 valence electrons. The Balaban J connectivity index is 1.66. The molecule has 0 saturated carbocycles. The number of hydrogen-bond donors (Lipinski definition) is 2. The van der Waals surface area contributed by atoms with Gasteiger partial charge in [-0.3, -0.25) is 9.59 Å². The third-order valence-electron chi connectivity index (χ3n) is 3.95. The van der Waals surface area contributed by atoms with Crippen molar-refractivity contribution in [3.63, 3.8) is 0 Å². The van der Waals surface area contributed by atoms with E-state index in [-0.39, 0.29) is 11.8 Å². The van der Waals surface area contributed by atoms with Crippen molar-refractivity contribution in [1.29, 1.82) is 0 Å². The third kappa shape index (κ3) is 5.36. The first-order valence-corrected chi connectivity index (χ1v) is 10.1. The zero-order chi connectivity index (χ0) is 20.6. The van der Waals surface area contributed by atoms with Gasteiger partial charge in [0.1, 0.15) is 0 Å². The molecule has 3 aromatic rings. The minimum Gasteiger partial charge on any atom is -0.490 e. The van der Waals surface area contributed by atoms with Crippen molar-refractivity contribution < 1.29 is 19.1 Å². The molecular formula is C22H22N2O4S. The summed E-state index contributed by atoms with van der Waals surface area (Å²) in [5, 5.41) is 7.52. The summed E-state index contributed by atoms with van der Waals surface area (Å²) in [5.41, 5.74) is 1.74. The fourth-order valence-corrected chi connectivity index (χ4v) is 3.25. The number of hydrogen-bond acceptors (Lipinski definition) is 5. The number of carbonyl (C=O) groups excluding carboxylic acids is 2. The molecule has 0 radical (unpaired) electrons. The largest absolute Gasteiger partial charge is 0.490 e. The molecule has 1 heterocycles. The molecule has 0 bridgehead atoms. The van der Waals surface area contributed by atoms with Crippen LogP contribution in [0.3, 0.4) is 0 Å². The Hall–Kier alpha value is -3.32. The Morgan fingerprint density at radius 2 is 1.45 bits per heavy atom. The van der Waals surface area contributed by atoms with E-state index >= 15 is 0 Å². The molecule has 29 heavy (non-hydrogen) atoms. The van der Waals surface area contributed by atoms with Crippen LogP contribution >= 0.6 is 11.3 Å². The van der Waals surface area contributed by atoms with Crippen LogP contribution in [0, 0.1) is 0 Å². The van der Waals surface area contributed by atoms with Crippen molar-refractivity contribution >= 4 is 34.5 Å². The summed E-state index contributed by atoms with van der Waals surface area (Å²) in [7, 11) is 0. The average Bonchev–Trinajstić information content (AvgIpc) is 3.26. The molecule has 2 aromatic carbocycles. The number of amides is 2. The van der Waals surface area contributed by atoms with Gasteiger partial charge in [-0.2, -0.15) is 0 Å². The standard InChI is InChI=1S/C22H22N2O4S/c1-3-27-18-12-7-15(14-19(18)28-4-2)21(25)23-16-8-10-17(11-9-16)24-22(26)20-6-5-13-29-20/h5-14H,3-4H2,1-2H3,(H,23,25)(H,24,26). The maximum absolute atomic E-state index is 12.6. The van der Waals surface area contributed by atoms with E-state index in [9.17, 15) is 9.59 Å². The van der Waals surface area contributed by atoms with E-state index in [0.717, 1.165) is 0 Å². The molecule has 6 nitrogen and oxygen atoms in total. The Bertz CT molecular complexity index is 969. The molecule has 2 N–H and O–H groups in total. The van der Waals surface area contributed by atoms with Gasteiger partial charge in [-0.25, -0.2) is 0 Å². The lowest BCUT2D eigenvalue weighted by atomic mass is 10.1. The van der Waals surface area contributed by atoms with E-state index in [1.54, 1.807) is 48.5 Å². The number of benzene rings is 2. The second kappa shape index (κ2) is 9.75. The van der Waals surface area contributed by atoms with Crippen molar-refractivity contribution in [3.8, 4) is 11.5 Å². The molecular weight excluding hydrogens is 388 g/mol. The first-order valence-electron chi connectivity index (χ1n) is 9.26. The summed E-state index contributed by atoms with van der Waals surface area (Å²) in [6.45, 7) is 4.76. The molecule has 3 rings (SSSR count). The molecule has 0 aliphatic heterocycles. The predicted octanol–water partition coefficient (Wildman–Crippen LogP) is 5.05. The van der Waals surface area contributed by atoms with Crippen LogP contribution in [0.1, 0.15) is 33.9 Å². The van der Waals surface area contributed by atoms with Crippen LogP contribution in [0.2, 0.25) is 0 Å². The summed E-state index contributed by atoms with van der Waals surface area (Å²) >= 11 is 1.38. The Morgan fingerprint density at radius 3 is 2.03 bits per heavy atom. The summed E-state index contributed by atoms with van der Waals surface area (Å²) in [4.78, 5) is 25.3. The summed E-state index contributed by atoms with van der Waals surface area (Å²) in [6, 6.07) is 15.6. The Morgan fingerprint density at radius 1 is 0.828 bits per heavy atom. The molecule has 0 saturated heterocycles. The van der Waals surface area contributed by atoms with Gasteiger partial charge in [-0.05, 0) is 67.8 Å². The van der Waals surface area contributed by atoms with Gasteiger partial charge in [-0.1, -0.05) is 6.07 Å². The minimum atomic E-state index is -0.260. The van der Waals surface area contributed by atoms with Crippen molar-refractivity contribution in [2.75, 3.05) is 23.8 Å². The van der Waals surface area contributed by atoms with Crippen molar-refractivity contribution in [3.05, 3.63) is 70.4 Å². The van der Waals surface area contributed by atoms with Crippen molar-refractivity contribution in [2.24, 2.45) is 0 Å². The normalized spacial score (nSPS) is 10.3. The molecule has 0 spiro atoms. The first kappa shape index (κ1) is 20.4. The highest BCUT2D eigenvalue weighted by atomic mass is 32.1. The molecule has 0 aliphatic carbocycles. The van der Waals surface area contributed by atoms with Crippen LogP contribution < -0.4 is 20.1 Å². The molecule has 1 aromatic heterocycles. The van der Waals surface area contributed by atoms with Crippen LogP contribution in [-0.4, -0.2) is 25.0 Å². The fraction of sp³-hybridized carbons (Fsp3) is 0.182. The SMILES string of the molecule is CCOc1ccc(C(=O)Nc2ccc(NC(=O)c3cccs3)cc2)cc1OCC. The van der Waals surface area contributed by atoms with Crippen LogP contribution in [0.15, 0.2) is 60.0 Å². The number of anilines is 2. The van der Waals surface area contributed by atoms with Crippen LogP contribution in [0.4, 0.5) is 11.4 Å². The number of nitrogens with one attached hydrogen (secondary N) is 2. The predicted molar refractivity (Wildman–Crippen MR) is 115 cm³/mol. The van der Waals surface area contributed by atoms with Gasteiger partial charge in [0.25, 0.3) is 11.8 Å². The van der Waals surface area contributed by atoms with Crippen LogP contribution in [-0.2, 0) is 0 Å². The quantitative estimate of drug-likeness (QED) is 0.545. The van der Waals surface area contributed by atoms with E-state index in [1.165, 1.54) is 11.3 Å². The highest BCUT2D eigenvalue weighted by Gasteiger charge is 2.12. The highest BCUT2D eigenvalue weighted by Crippen LogP contribution is 2.29. The Kier molecular flexibility index (Phi) is 6.86. The van der Waals surface area contributed by atoms with Crippen molar-refractivity contribution in [1.82, 2.24) is 0 Å². The molecule has 0 aliphatic rings. The number of rotatable bonds is 8. The lowest BCUT2D eigenvalue weighted by Gasteiger charge is -2.12. The summed E-state index contributed by atoms with van der Waals surface area (Å²) < 4.78 is 11.1. The minimum absolute atomic E-state index is 0.158. The van der Waals surface area contributed by atoms with Gasteiger partial charge < -0.3 is 20.1 Å².